The van der Waals surface area contributed by atoms with Crippen LogP contribution in [0.4, 0.5) is 27.5 Å². The number of nitrogens with zero attached hydrogens (tertiary/aromatic N) is 4. The summed E-state index contributed by atoms with van der Waals surface area (Å²) >= 11 is 0. The lowest BCUT2D eigenvalue weighted by molar-refractivity contribution is -0.122. The molecule has 1 aromatic carbocycles. The summed E-state index contributed by atoms with van der Waals surface area (Å²) in [6, 6.07) is 6.07. The number of anilines is 4. The van der Waals surface area contributed by atoms with E-state index in [2.05, 4.69) is 50.4 Å². The molecule has 8 nitrogen and oxygen atoms in total. The summed E-state index contributed by atoms with van der Waals surface area (Å²) in [7, 11) is 2.14. The van der Waals surface area contributed by atoms with Gasteiger partial charge in [-0.1, -0.05) is 12.2 Å². The van der Waals surface area contributed by atoms with Gasteiger partial charge in [-0.15, -0.1) is 0 Å². The Labute approximate surface area is 181 Å². The van der Waals surface area contributed by atoms with Crippen LogP contribution in [0.25, 0.3) is 0 Å². The molecule has 2 heterocycles. The molecule has 1 aliphatic heterocycles. The molecule has 1 saturated heterocycles. The maximum absolute atomic E-state index is 14.3. The van der Waals surface area contributed by atoms with Gasteiger partial charge in [0.05, 0.1) is 6.20 Å². The molecule has 0 unspecified atom stereocenters. The van der Waals surface area contributed by atoms with Crippen molar-refractivity contribution in [1.29, 1.82) is 0 Å². The first-order valence-corrected chi connectivity index (χ1v) is 10.4. The van der Waals surface area contributed by atoms with Gasteiger partial charge in [-0.05, 0) is 50.6 Å². The Morgan fingerprint density at radius 1 is 1.19 bits per heavy atom. The van der Waals surface area contributed by atoms with Crippen LogP contribution in [0, 0.1) is 12.7 Å². The molecule has 2 aliphatic rings. The Morgan fingerprint density at radius 2 is 1.90 bits per heavy atom. The van der Waals surface area contributed by atoms with Gasteiger partial charge in [0.25, 0.3) is 0 Å². The number of likely N-dealkylation sites (N-methyl/N-ethyl adjacent to an activating group) is 1. The molecular formula is C22H28FN7O. The van der Waals surface area contributed by atoms with Gasteiger partial charge in [-0.2, -0.15) is 4.98 Å². The van der Waals surface area contributed by atoms with E-state index in [1.165, 1.54) is 5.69 Å². The molecule has 2 aromatic rings. The fraction of sp³-hybridized carbons (Fsp3) is 0.409. The summed E-state index contributed by atoms with van der Waals surface area (Å²) in [6.45, 7) is 6.15. The normalized spacial score (nSPS) is 18.2. The van der Waals surface area contributed by atoms with Crippen molar-refractivity contribution in [3.63, 3.8) is 0 Å². The van der Waals surface area contributed by atoms with Gasteiger partial charge in [0.15, 0.2) is 11.6 Å². The molecule has 1 fully saturated rings. The van der Waals surface area contributed by atoms with Crippen molar-refractivity contribution >= 4 is 29.0 Å². The van der Waals surface area contributed by atoms with E-state index in [4.69, 9.17) is 5.73 Å². The van der Waals surface area contributed by atoms with Crippen molar-refractivity contribution < 1.29 is 9.18 Å². The van der Waals surface area contributed by atoms with Gasteiger partial charge < -0.3 is 26.2 Å². The Balaban J connectivity index is 1.50. The first kappa shape index (κ1) is 21.0. The van der Waals surface area contributed by atoms with Crippen molar-refractivity contribution in [3.8, 4) is 0 Å². The van der Waals surface area contributed by atoms with E-state index in [0.29, 0.717) is 12.8 Å². The number of amides is 1. The molecule has 9 heteroatoms. The summed E-state index contributed by atoms with van der Waals surface area (Å²) in [5.74, 6) is -0.994. The van der Waals surface area contributed by atoms with Gasteiger partial charge in [0, 0.05) is 37.6 Å². The van der Waals surface area contributed by atoms with Crippen molar-refractivity contribution in [2.75, 3.05) is 48.8 Å². The van der Waals surface area contributed by atoms with Gasteiger partial charge in [-0.3, -0.25) is 4.79 Å². The molecule has 4 rings (SSSR count). The first-order chi connectivity index (χ1) is 14.9. The summed E-state index contributed by atoms with van der Waals surface area (Å²) in [5.41, 5.74) is 7.65. The molecule has 164 valence electrons. The Kier molecular flexibility index (Phi) is 5.77. The zero-order valence-corrected chi connectivity index (χ0v) is 17.9. The highest BCUT2D eigenvalue weighted by molar-refractivity contribution is 5.89. The number of hydrogen-bond acceptors (Lipinski definition) is 7. The molecular weight excluding hydrogens is 397 g/mol. The maximum Gasteiger partial charge on any atom is 0.243 e. The minimum atomic E-state index is -1.06. The van der Waals surface area contributed by atoms with Crippen LogP contribution in [0.15, 0.2) is 36.5 Å². The van der Waals surface area contributed by atoms with Gasteiger partial charge in [0.1, 0.15) is 5.54 Å². The van der Waals surface area contributed by atoms with Crippen LogP contribution < -0.4 is 21.3 Å². The van der Waals surface area contributed by atoms with Gasteiger partial charge >= 0.3 is 0 Å². The highest BCUT2D eigenvalue weighted by Gasteiger charge is 2.38. The number of carbonyl (C=O) groups is 1. The van der Waals surface area contributed by atoms with E-state index in [-0.39, 0.29) is 11.8 Å². The van der Waals surface area contributed by atoms with E-state index in [1.54, 1.807) is 0 Å². The number of benzene rings is 1. The molecule has 0 bridgehead atoms. The van der Waals surface area contributed by atoms with E-state index >= 15 is 0 Å². The molecule has 0 saturated carbocycles. The minimum absolute atomic E-state index is 0.0502. The van der Waals surface area contributed by atoms with Crippen molar-refractivity contribution in [2.45, 2.75) is 25.3 Å². The average molecular weight is 426 g/mol. The van der Waals surface area contributed by atoms with E-state index in [1.807, 2.05) is 24.3 Å². The number of hydrogen-bond donors (Lipinski definition) is 3. The molecule has 1 aliphatic carbocycles. The number of aromatic nitrogens is 2. The molecule has 0 spiro atoms. The van der Waals surface area contributed by atoms with Crippen LogP contribution in [0.5, 0.6) is 0 Å². The van der Waals surface area contributed by atoms with Crippen molar-refractivity contribution in [3.05, 3.63) is 47.9 Å². The smallest absolute Gasteiger partial charge is 0.243 e. The zero-order valence-electron chi connectivity index (χ0n) is 17.9. The average Bonchev–Trinajstić information content (AvgIpc) is 3.22. The molecule has 0 atom stereocenters. The summed E-state index contributed by atoms with van der Waals surface area (Å²) in [4.78, 5) is 25.0. The second kappa shape index (κ2) is 8.50. The minimum Gasteiger partial charge on any atom is -0.369 e. The predicted octanol–water partition coefficient (Wildman–Crippen LogP) is 2.41. The van der Waals surface area contributed by atoms with Crippen LogP contribution in [-0.4, -0.2) is 59.5 Å². The second-order valence-electron chi connectivity index (χ2n) is 8.26. The predicted molar refractivity (Wildman–Crippen MR) is 120 cm³/mol. The van der Waals surface area contributed by atoms with E-state index < -0.39 is 17.3 Å². The molecule has 4 N–H and O–H groups in total. The largest absolute Gasteiger partial charge is 0.369 e. The third-order valence-electron chi connectivity index (χ3n) is 5.97. The fourth-order valence-corrected chi connectivity index (χ4v) is 4.02. The number of carbonyl (C=O) groups excluding carboxylic acids is 1. The number of aryl methyl sites for hydroxylation is 1. The Hall–Kier alpha value is -3.20. The second-order valence-corrected chi connectivity index (χ2v) is 8.26. The lowest BCUT2D eigenvalue weighted by Gasteiger charge is -2.35. The first-order valence-electron chi connectivity index (χ1n) is 10.4. The number of primary amides is 1. The number of nitrogens with one attached hydrogen (secondary N) is 2. The van der Waals surface area contributed by atoms with Crippen molar-refractivity contribution in [1.82, 2.24) is 14.9 Å². The monoisotopic (exact) mass is 425 g/mol. The van der Waals surface area contributed by atoms with Crippen LogP contribution in [-0.2, 0) is 4.79 Å². The Morgan fingerprint density at radius 3 is 2.55 bits per heavy atom. The highest BCUT2D eigenvalue weighted by Crippen LogP contribution is 2.30. The van der Waals surface area contributed by atoms with Crippen molar-refractivity contribution in [2.24, 2.45) is 5.73 Å². The Bertz CT molecular complexity index is 993. The number of rotatable bonds is 6. The zero-order chi connectivity index (χ0) is 22.0. The van der Waals surface area contributed by atoms with E-state index in [9.17, 15) is 9.18 Å². The van der Waals surface area contributed by atoms with Gasteiger partial charge in [0.2, 0.25) is 11.9 Å². The molecule has 31 heavy (non-hydrogen) atoms. The van der Waals surface area contributed by atoms with E-state index in [0.717, 1.165) is 43.6 Å². The molecule has 0 radical (unpaired) electrons. The topological polar surface area (TPSA) is 99.4 Å². The lowest BCUT2D eigenvalue weighted by atomic mass is 9.96. The third-order valence-corrected chi connectivity index (χ3v) is 5.97. The third kappa shape index (κ3) is 4.46. The number of halogens is 1. The number of nitrogens with two attached hydrogens (primary N) is 1. The standard InChI is InChI=1S/C22H28FN7O/c1-15-13-16(5-6-18(15)30-11-9-29(2)10-12-30)26-21-25-14-17(23)19(27-21)28-22(20(24)31)7-3-4-8-22/h3-6,13-14H,7-12H2,1-2H3,(H2,24,31)(H2,25,26,27,28). The fourth-order valence-electron chi connectivity index (χ4n) is 4.02. The van der Waals surface area contributed by atoms with Crippen LogP contribution >= 0.6 is 0 Å². The lowest BCUT2D eigenvalue weighted by Crippen LogP contribution is -2.48. The quantitative estimate of drug-likeness (QED) is 0.611. The maximum atomic E-state index is 14.3. The number of piperazine rings is 1. The summed E-state index contributed by atoms with van der Waals surface area (Å²) < 4.78 is 14.3. The molecule has 1 aromatic heterocycles. The van der Waals surface area contributed by atoms with Crippen LogP contribution in [0.1, 0.15) is 18.4 Å². The molecule has 1 amide bonds. The summed E-state index contributed by atoms with van der Waals surface area (Å²) in [5, 5.41) is 6.03. The summed E-state index contributed by atoms with van der Waals surface area (Å²) in [6.07, 6.45) is 5.56. The SMILES string of the molecule is Cc1cc(Nc2ncc(F)c(NC3(C(N)=O)CC=CC3)n2)ccc1N1CCN(C)CC1. The van der Waals surface area contributed by atoms with Crippen LogP contribution in [0.2, 0.25) is 0 Å². The highest BCUT2D eigenvalue weighted by atomic mass is 19.1. The van der Waals surface area contributed by atoms with Crippen LogP contribution in [0.3, 0.4) is 0 Å². The van der Waals surface area contributed by atoms with Gasteiger partial charge in [-0.25, -0.2) is 9.37 Å².